The first-order valence-electron chi connectivity index (χ1n) is 4.85. The third-order valence-electron chi connectivity index (χ3n) is 1.76. The van der Waals surface area contributed by atoms with E-state index in [0.717, 1.165) is 5.69 Å². The van der Waals surface area contributed by atoms with Crippen molar-refractivity contribution < 1.29 is 14.7 Å². The number of nitrogens with two attached hydrogens (primary N) is 3. The molecule has 1 amide bonds. The van der Waals surface area contributed by atoms with Gasteiger partial charge in [0.25, 0.3) is 0 Å². The van der Waals surface area contributed by atoms with Crippen LogP contribution in [0.2, 0.25) is 0 Å². The average Bonchev–Trinajstić information content (AvgIpc) is 2.71. The molecule has 8 N–H and O–H groups in total. The number of imidazole rings is 1. The molecule has 0 aliphatic carbocycles. The van der Waals surface area contributed by atoms with E-state index in [-0.39, 0.29) is 6.42 Å². The van der Waals surface area contributed by atoms with Crippen LogP contribution in [0.25, 0.3) is 0 Å². The van der Waals surface area contributed by atoms with E-state index < -0.39 is 24.0 Å². The van der Waals surface area contributed by atoms with Crippen LogP contribution >= 0.6 is 0 Å². The normalized spacial score (nSPS) is 13.1. The average molecular weight is 243 g/mol. The first-order chi connectivity index (χ1) is 7.84. The van der Waals surface area contributed by atoms with Crippen LogP contribution in [0.4, 0.5) is 0 Å². The molecule has 0 aromatic carbocycles. The fourth-order valence-corrected chi connectivity index (χ4v) is 0.721. The zero-order chi connectivity index (χ0) is 13.4. The Bertz CT molecular complexity index is 350. The van der Waals surface area contributed by atoms with Gasteiger partial charge < -0.3 is 27.3 Å². The molecule has 0 radical (unpaired) electrons. The zero-order valence-corrected chi connectivity index (χ0v) is 9.46. The predicted molar refractivity (Wildman–Crippen MR) is 60.7 cm³/mol. The molecule has 1 heterocycles. The molecule has 1 rings (SSSR count). The molecule has 2 unspecified atom stereocenters. The minimum atomic E-state index is -1.00. The summed E-state index contributed by atoms with van der Waals surface area (Å²) in [6, 6.07) is -1.36. The molecule has 1 aromatic heterocycles. The number of carboxylic acids is 1. The van der Waals surface area contributed by atoms with E-state index in [9.17, 15) is 9.59 Å². The van der Waals surface area contributed by atoms with Gasteiger partial charge in [-0.1, -0.05) is 0 Å². The lowest BCUT2D eigenvalue weighted by molar-refractivity contribution is -0.138. The van der Waals surface area contributed by atoms with E-state index in [4.69, 9.17) is 16.6 Å². The Kier molecular flexibility index (Phi) is 6.53. The number of H-pyrrole nitrogens is 1. The van der Waals surface area contributed by atoms with Crippen molar-refractivity contribution in [3.8, 4) is 0 Å². The van der Waals surface area contributed by atoms with Crippen LogP contribution in [0.15, 0.2) is 12.5 Å². The second kappa shape index (κ2) is 7.36. The fraction of sp³-hybridized carbons (Fsp3) is 0.444. The highest BCUT2D eigenvalue weighted by Crippen LogP contribution is 1.95. The maximum Gasteiger partial charge on any atom is 0.320 e. The molecule has 0 spiro atoms. The largest absolute Gasteiger partial charge is 0.480 e. The first kappa shape index (κ1) is 15.1. The highest BCUT2D eigenvalue weighted by Gasteiger charge is 2.11. The van der Waals surface area contributed by atoms with Gasteiger partial charge in [0, 0.05) is 18.3 Å². The molecule has 8 heteroatoms. The van der Waals surface area contributed by atoms with Crippen molar-refractivity contribution in [1.29, 1.82) is 0 Å². The lowest BCUT2D eigenvalue weighted by Crippen LogP contribution is -2.32. The predicted octanol–water partition coefficient (Wildman–Crippen LogP) is -1.82. The molecule has 0 aliphatic rings. The Balaban J connectivity index is 0.000000366. The number of aromatic amines is 1. The third kappa shape index (κ3) is 7.03. The molecular weight excluding hydrogens is 226 g/mol. The van der Waals surface area contributed by atoms with Crippen LogP contribution in [0.5, 0.6) is 0 Å². The molecule has 96 valence electrons. The number of primary amides is 1. The van der Waals surface area contributed by atoms with Crippen molar-refractivity contribution in [3.63, 3.8) is 0 Å². The number of hydrogen-bond donors (Lipinski definition) is 5. The van der Waals surface area contributed by atoms with E-state index in [1.807, 2.05) is 0 Å². The Morgan fingerprint density at radius 1 is 1.53 bits per heavy atom. The molecule has 0 saturated carbocycles. The number of nitrogens with zero attached hydrogens (tertiary/aromatic N) is 1. The Labute approximate surface area is 98.2 Å². The number of rotatable bonds is 4. The Hall–Kier alpha value is -1.93. The maximum absolute atomic E-state index is 10.3. The number of carbonyl (C=O) groups excluding carboxylic acids is 1. The van der Waals surface area contributed by atoms with Gasteiger partial charge in [0.1, 0.15) is 6.04 Å². The number of amides is 1. The standard InChI is InChI=1S/C6H9N3O2.C3H8N2O/c7-5(6(10)11)1-4-2-8-3-9-4;1-2(4)3(5)6/h2-3,5H,1,7H2,(H,8,9)(H,10,11);2H,4H2,1H3,(H2,5,6). The van der Waals surface area contributed by atoms with Crippen molar-refractivity contribution >= 4 is 11.9 Å². The summed E-state index contributed by atoms with van der Waals surface area (Å²) >= 11 is 0. The minimum Gasteiger partial charge on any atom is -0.480 e. The van der Waals surface area contributed by atoms with Crippen LogP contribution in [-0.4, -0.2) is 39.0 Å². The van der Waals surface area contributed by atoms with Gasteiger partial charge in [-0.15, -0.1) is 0 Å². The molecular formula is C9H17N5O3. The highest BCUT2D eigenvalue weighted by molar-refractivity contribution is 5.78. The summed E-state index contributed by atoms with van der Waals surface area (Å²) in [4.78, 5) is 26.6. The summed E-state index contributed by atoms with van der Waals surface area (Å²) < 4.78 is 0. The smallest absolute Gasteiger partial charge is 0.320 e. The van der Waals surface area contributed by atoms with Gasteiger partial charge in [-0.05, 0) is 6.92 Å². The third-order valence-corrected chi connectivity index (χ3v) is 1.76. The number of nitrogens with one attached hydrogen (secondary N) is 1. The van der Waals surface area contributed by atoms with E-state index in [0.29, 0.717) is 0 Å². The van der Waals surface area contributed by atoms with Crippen molar-refractivity contribution in [1.82, 2.24) is 9.97 Å². The summed E-state index contributed by atoms with van der Waals surface area (Å²) in [6.45, 7) is 1.54. The van der Waals surface area contributed by atoms with Crippen molar-refractivity contribution in [2.75, 3.05) is 0 Å². The van der Waals surface area contributed by atoms with Gasteiger partial charge in [-0.3, -0.25) is 9.59 Å². The SMILES string of the molecule is CC(N)C(N)=O.NC(Cc1cnc[nH]1)C(=O)O. The highest BCUT2D eigenvalue weighted by atomic mass is 16.4. The molecule has 8 nitrogen and oxygen atoms in total. The summed E-state index contributed by atoms with van der Waals surface area (Å²) in [5.41, 5.74) is 15.6. The minimum absolute atomic E-state index is 0.287. The van der Waals surface area contributed by atoms with Gasteiger partial charge >= 0.3 is 5.97 Å². The second-order valence-electron chi connectivity index (χ2n) is 3.42. The molecule has 0 bridgehead atoms. The number of aromatic nitrogens is 2. The maximum atomic E-state index is 10.3. The van der Waals surface area contributed by atoms with Crippen LogP contribution < -0.4 is 17.2 Å². The lowest BCUT2D eigenvalue weighted by Gasteiger charge is -2.02. The van der Waals surface area contributed by atoms with Crippen molar-refractivity contribution in [2.24, 2.45) is 17.2 Å². The summed E-state index contributed by atoms with van der Waals surface area (Å²) in [5.74, 6) is -1.46. The molecule has 1 aromatic rings. The van der Waals surface area contributed by atoms with Gasteiger partial charge in [-0.2, -0.15) is 0 Å². The molecule has 0 aliphatic heterocycles. The van der Waals surface area contributed by atoms with Crippen molar-refractivity contribution in [3.05, 3.63) is 18.2 Å². The summed E-state index contributed by atoms with van der Waals surface area (Å²) in [6.07, 6.45) is 3.34. The van der Waals surface area contributed by atoms with E-state index in [2.05, 4.69) is 15.7 Å². The molecule has 0 fully saturated rings. The number of carbonyl (C=O) groups is 2. The van der Waals surface area contributed by atoms with Crippen LogP contribution in [-0.2, 0) is 16.0 Å². The van der Waals surface area contributed by atoms with Crippen LogP contribution in [0.3, 0.4) is 0 Å². The molecule has 2 atom stereocenters. The van der Waals surface area contributed by atoms with Crippen LogP contribution in [0.1, 0.15) is 12.6 Å². The van der Waals surface area contributed by atoms with Gasteiger partial charge in [0.05, 0.1) is 12.4 Å². The number of carboxylic acid groups (broad SMARTS) is 1. The topological polar surface area (TPSA) is 161 Å². The second-order valence-corrected chi connectivity index (χ2v) is 3.42. The van der Waals surface area contributed by atoms with E-state index in [1.54, 1.807) is 13.1 Å². The van der Waals surface area contributed by atoms with Gasteiger partial charge in [-0.25, -0.2) is 4.98 Å². The first-order valence-corrected chi connectivity index (χ1v) is 4.85. The quantitative estimate of drug-likeness (QED) is 0.418. The lowest BCUT2D eigenvalue weighted by atomic mass is 10.2. The number of hydrogen-bond acceptors (Lipinski definition) is 5. The zero-order valence-electron chi connectivity index (χ0n) is 9.46. The molecule has 17 heavy (non-hydrogen) atoms. The van der Waals surface area contributed by atoms with Gasteiger partial charge in [0.15, 0.2) is 0 Å². The Morgan fingerprint density at radius 2 is 2.06 bits per heavy atom. The van der Waals surface area contributed by atoms with Gasteiger partial charge in [0.2, 0.25) is 5.91 Å². The monoisotopic (exact) mass is 243 g/mol. The summed E-state index contributed by atoms with van der Waals surface area (Å²) in [5, 5.41) is 8.42. The number of aliphatic carboxylic acids is 1. The molecule has 0 saturated heterocycles. The fourth-order valence-electron chi connectivity index (χ4n) is 0.721. The van der Waals surface area contributed by atoms with Crippen molar-refractivity contribution in [2.45, 2.75) is 25.4 Å². The van der Waals surface area contributed by atoms with E-state index >= 15 is 0 Å². The summed E-state index contributed by atoms with van der Waals surface area (Å²) in [7, 11) is 0. The Morgan fingerprint density at radius 3 is 2.35 bits per heavy atom. The van der Waals surface area contributed by atoms with E-state index in [1.165, 1.54) is 6.33 Å². The van der Waals surface area contributed by atoms with Crippen LogP contribution in [0, 0.1) is 0 Å².